The highest BCUT2D eigenvalue weighted by Gasteiger charge is 2.21. The van der Waals surface area contributed by atoms with Gasteiger partial charge in [0.25, 0.3) is 0 Å². The number of halogens is 2. The Kier molecular flexibility index (Phi) is 8.10. The predicted octanol–water partition coefficient (Wildman–Crippen LogP) is 4.56. The van der Waals surface area contributed by atoms with Crippen LogP contribution < -0.4 is 14.4 Å². The van der Waals surface area contributed by atoms with Crippen LogP contribution in [0.4, 0.5) is 10.1 Å². The van der Waals surface area contributed by atoms with Crippen molar-refractivity contribution in [3.05, 3.63) is 93.7 Å². The van der Waals surface area contributed by atoms with Crippen molar-refractivity contribution in [3.63, 3.8) is 0 Å². The summed E-state index contributed by atoms with van der Waals surface area (Å²) < 4.78 is 45.1. The minimum atomic E-state index is -3.64. The van der Waals surface area contributed by atoms with Gasteiger partial charge in [-0.1, -0.05) is 40.2 Å². The van der Waals surface area contributed by atoms with E-state index in [2.05, 4.69) is 21.2 Å². The molecule has 0 radical (unpaired) electrons. The summed E-state index contributed by atoms with van der Waals surface area (Å²) in [5.74, 6) is -0.0716. The molecular formula is C24H24BrFN2O4S. The van der Waals surface area contributed by atoms with Crippen LogP contribution in [-0.4, -0.2) is 27.1 Å². The number of nitrogens with one attached hydrogen (secondary N) is 1. The zero-order valence-corrected chi connectivity index (χ0v) is 20.6. The number of ether oxygens (including phenoxy) is 1. The highest BCUT2D eigenvalue weighted by Crippen LogP contribution is 2.24. The second kappa shape index (κ2) is 10.8. The minimum Gasteiger partial charge on any atom is -0.489 e. The molecular weight excluding hydrogens is 511 g/mol. The van der Waals surface area contributed by atoms with Gasteiger partial charge in [0.2, 0.25) is 15.9 Å². The highest BCUT2D eigenvalue weighted by atomic mass is 79.9. The molecule has 1 amide bonds. The van der Waals surface area contributed by atoms with Crippen LogP contribution >= 0.6 is 15.9 Å². The van der Waals surface area contributed by atoms with Crippen LogP contribution in [0.2, 0.25) is 0 Å². The number of rotatable bonds is 9. The molecule has 0 aliphatic carbocycles. The summed E-state index contributed by atoms with van der Waals surface area (Å²) in [4.78, 5) is 12.5. The molecule has 9 heteroatoms. The fourth-order valence-electron chi connectivity index (χ4n) is 3.02. The Morgan fingerprint density at radius 2 is 1.67 bits per heavy atom. The van der Waals surface area contributed by atoms with E-state index < -0.39 is 15.9 Å². The molecule has 3 rings (SSSR count). The van der Waals surface area contributed by atoms with E-state index in [1.54, 1.807) is 42.5 Å². The third-order valence-electron chi connectivity index (χ3n) is 4.85. The zero-order chi connectivity index (χ0) is 24.0. The lowest BCUT2D eigenvalue weighted by atomic mass is 10.2. The maximum atomic E-state index is 13.0. The number of hydrogen-bond acceptors (Lipinski definition) is 4. The van der Waals surface area contributed by atoms with Crippen LogP contribution in [0, 0.1) is 12.7 Å². The van der Waals surface area contributed by atoms with E-state index in [-0.39, 0.29) is 18.9 Å². The van der Waals surface area contributed by atoms with Gasteiger partial charge in [-0.15, -0.1) is 0 Å². The van der Waals surface area contributed by atoms with Crippen LogP contribution in [-0.2, 0) is 28.0 Å². The molecule has 0 aliphatic rings. The van der Waals surface area contributed by atoms with Crippen LogP contribution in [0.5, 0.6) is 5.75 Å². The van der Waals surface area contributed by atoms with Gasteiger partial charge in [0.05, 0.1) is 11.9 Å². The minimum absolute atomic E-state index is 0.244. The lowest BCUT2D eigenvalue weighted by Gasteiger charge is -2.22. The number of sulfonamides is 1. The molecule has 0 aromatic heterocycles. The van der Waals surface area contributed by atoms with Crippen LogP contribution in [0.15, 0.2) is 71.2 Å². The molecule has 0 unspecified atom stereocenters. The van der Waals surface area contributed by atoms with E-state index in [9.17, 15) is 17.6 Å². The Balaban J connectivity index is 1.55. The summed E-state index contributed by atoms with van der Waals surface area (Å²) in [6.45, 7) is 2.08. The molecule has 6 nitrogen and oxygen atoms in total. The zero-order valence-electron chi connectivity index (χ0n) is 18.2. The number of benzene rings is 3. The van der Waals surface area contributed by atoms with Crippen molar-refractivity contribution in [1.29, 1.82) is 0 Å². The van der Waals surface area contributed by atoms with Crippen molar-refractivity contribution < 1.29 is 22.3 Å². The summed E-state index contributed by atoms with van der Waals surface area (Å²) in [7, 11) is -3.64. The first-order valence-corrected chi connectivity index (χ1v) is 12.7. The van der Waals surface area contributed by atoms with E-state index in [4.69, 9.17) is 4.74 Å². The topological polar surface area (TPSA) is 75.7 Å². The van der Waals surface area contributed by atoms with Gasteiger partial charge < -0.3 is 10.1 Å². The van der Waals surface area contributed by atoms with Gasteiger partial charge in [0.15, 0.2) is 0 Å². The van der Waals surface area contributed by atoms with Crippen LogP contribution in [0.25, 0.3) is 0 Å². The molecule has 0 spiro atoms. The second-order valence-corrected chi connectivity index (χ2v) is 10.3. The van der Waals surface area contributed by atoms with Crippen molar-refractivity contribution in [2.24, 2.45) is 0 Å². The maximum absolute atomic E-state index is 13.0. The SMILES string of the molecule is Cc1cc(N(CC(=O)NCc2ccc(OCc3ccc(F)cc3)cc2)S(C)(=O)=O)ccc1Br. The quantitative estimate of drug-likeness (QED) is 0.436. The molecule has 3 aromatic carbocycles. The largest absolute Gasteiger partial charge is 0.489 e. The Hall–Kier alpha value is -2.91. The molecule has 33 heavy (non-hydrogen) atoms. The second-order valence-electron chi connectivity index (χ2n) is 7.54. The monoisotopic (exact) mass is 534 g/mol. The van der Waals surface area contributed by atoms with Gasteiger partial charge >= 0.3 is 0 Å². The summed E-state index contributed by atoms with van der Waals surface area (Å²) in [6.07, 6.45) is 1.07. The number of amides is 1. The predicted molar refractivity (Wildman–Crippen MR) is 130 cm³/mol. The highest BCUT2D eigenvalue weighted by molar-refractivity contribution is 9.10. The third kappa shape index (κ3) is 7.30. The molecule has 174 valence electrons. The summed E-state index contributed by atoms with van der Waals surface area (Å²) in [5, 5.41) is 2.75. The van der Waals surface area contributed by atoms with Crippen molar-refractivity contribution in [2.45, 2.75) is 20.1 Å². The molecule has 0 saturated carbocycles. The van der Waals surface area contributed by atoms with Crippen molar-refractivity contribution in [3.8, 4) is 5.75 Å². The Morgan fingerprint density at radius 3 is 2.27 bits per heavy atom. The van der Waals surface area contributed by atoms with Gasteiger partial charge in [-0.3, -0.25) is 9.10 Å². The smallest absolute Gasteiger partial charge is 0.241 e. The average Bonchev–Trinajstić information content (AvgIpc) is 2.77. The lowest BCUT2D eigenvalue weighted by molar-refractivity contribution is -0.119. The van der Waals surface area contributed by atoms with Gasteiger partial charge in [-0.25, -0.2) is 12.8 Å². The van der Waals surface area contributed by atoms with Crippen LogP contribution in [0.3, 0.4) is 0 Å². The Bertz CT molecular complexity index is 1220. The first-order chi connectivity index (χ1) is 15.6. The number of hydrogen-bond donors (Lipinski definition) is 1. The van der Waals surface area contributed by atoms with E-state index >= 15 is 0 Å². The van der Waals surface area contributed by atoms with E-state index in [0.29, 0.717) is 18.0 Å². The normalized spacial score (nSPS) is 11.2. The molecule has 0 fully saturated rings. The fourth-order valence-corrected chi connectivity index (χ4v) is 4.12. The van der Waals surface area contributed by atoms with Gasteiger partial charge in [-0.05, 0) is 66.1 Å². The number of aryl methyl sites for hydroxylation is 1. The average molecular weight is 535 g/mol. The molecule has 0 saturated heterocycles. The van der Waals surface area contributed by atoms with Gasteiger partial charge in [0, 0.05) is 11.0 Å². The molecule has 0 bridgehead atoms. The van der Waals surface area contributed by atoms with E-state index in [1.165, 1.54) is 12.1 Å². The molecule has 0 aliphatic heterocycles. The van der Waals surface area contributed by atoms with Gasteiger partial charge in [0.1, 0.15) is 24.7 Å². The van der Waals surface area contributed by atoms with E-state index in [1.807, 2.05) is 19.1 Å². The number of carbonyl (C=O) groups excluding carboxylic acids is 1. The third-order valence-corrected chi connectivity index (χ3v) is 6.88. The lowest BCUT2D eigenvalue weighted by Crippen LogP contribution is -2.40. The molecule has 3 aromatic rings. The fraction of sp³-hybridized carbons (Fsp3) is 0.208. The summed E-state index contributed by atoms with van der Waals surface area (Å²) in [6, 6.07) is 18.4. The Labute approximate surface area is 201 Å². The van der Waals surface area contributed by atoms with E-state index in [0.717, 1.165) is 31.7 Å². The first-order valence-electron chi connectivity index (χ1n) is 10.1. The molecule has 0 atom stereocenters. The summed E-state index contributed by atoms with van der Waals surface area (Å²) in [5.41, 5.74) is 2.98. The van der Waals surface area contributed by atoms with Crippen LogP contribution in [0.1, 0.15) is 16.7 Å². The van der Waals surface area contributed by atoms with Gasteiger partial charge in [-0.2, -0.15) is 0 Å². The number of anilines is 1. The van der Waals surface area contributed by atoms with Crippen molar-refractivity contribution in [2.75, 3.05) is 17.1 Å². The standard InChI is InChI=1S/C24H24BrFN2O4S/c1-17-13-21(9-12-23(17)25)28(33(2,30)31)15-24(29)27-14-18-5-10-22(11-6-18)32-16-19-3-7-20(26)8-4-19/h3-13H,14-16H2,1-2H3,(H,27,29). The van der Waals surface area contributed by atoms with Crippen molar-refractivity contribution >= 4 is 37.5 Å². The molecule has 0 heterocycles. The first kappa shape index (κ1) is 24.7. The Morgan fingerprint density at radius 1 is 1.03 bits per heavy atom. The molecule has 1 N–H and O–H groups in total. The van der Waals surface area contributed by atoms with Crippen molar-refractivity contribution in [1.82, 2.24) is 5.32 Å². The number of carbonyl (C=O) groups is 1. The number of nitrogens with zero attached hydrogens (tertiary/aromatic N) is 1. The maximum Gasteiger partial charge on any atom is 0.241 e. The summed E-state index contributed by atoms with van der Waals surface area (Å²) >= 11 is 3.39.